The number of ketones is 1. The molecule has 1 aromatic rings. The van der Waals surface area contributed by atoms with Gasteiger partial charge in [-0.05, 0) is 87.5 Å². The molecule has 0 N–H and O–H groups in total. The van der Waals surface area contributed by atoms with E-state index in [0.717, 1.165) is 42.9 Å². The zero-order valence-electron chi connectivity index (χ0n) is 16.5. The van der Waals surface area contributed by atoms with E-state index in [2.05, 4.69) is 35.2 Å². The van der Waals surface area contributed by atoms with Gasteiger partial charge < -0.3 is 0 Å². The van der Waals surface area contributed by atoms with Gasteiger partial charge in [0.2, 0.25) is 0 Å². The summed E-state index contributed by atoms with van der Waals surface area (Å²) in [5.74, 6) is 3.74. The van der Waals surface area contributed by atoms with E-state index in [-0.39, 0.29) is 5.41 Å². The molecule has 6 bridgehead atoms. The molecule has 2 heterocycles. The summed E-state index contributed by atoms with van der Waals surface area (Å²) in [5, 5.41) is 0. The molecule has 6 aliphatic rings. The van der Waals surface area contributed by atoms with E-state index in [1.54, 1.807) is 0 Å². The van der Waals surface area contributed by atoms with Crippen molar-refractivity contribution >= 4 is 5.78 Å². The molecule has 1 aromatic carbocycles. The normalized spacial score (nSPS) is 45.3. The molecular weight excluding hydrogens is 330 g/mol. The smallest absolute Gasteiger partial charge is 0.142 e. The van der Waals surface area contributed by atoms with E-state index in [4.69, 9.17) is 0 Å². The van der Waals surface area contributed by atoms with Crippen molar-refractivity contribution in [2.75, 3.05) is 0 Å². The van der Waals surface area contributed by atoms with Crippen LogP contribution >= 0.6 is 0 Å². The van der Waals surface area contributed by atoms with Gasteiger partial charge in [0.05, 0.1) is 0 Å². The maximum absolute atomic E-state index is 13.8. The van der Waals surface area contributed by atoms with Crippen LogP contribution in [0.5, 0.6) is 0 Å². The summed E-state index contributed by atoms with van der Waals surface area (Å²) in [6, 6.07) is 12.2. The second-order valence-electron chi connectivity index (χ2n) is 10.8. The van der Waals surface area contributed by atoms with Gasteiger partial charge in [-0.15, -0.1) is 0 Å². The summed E-state index contributed by atoms with van der Waals surface area (Å²) in [6.07, 6.45) is 13.0. The maximum atomic E-state index is 13.8. The van der Waals surface area contributed by atoms with Crippen LogP contribution in [0.25, 0.3) is 0 Å². The van der Waals surface area contributed by atoms with Gasteiger partial charge in [-0.3, -0.25) is 9.69 Å². The first kappa shape index (κ1) is 16.8. The van der Waals surface area contributed by atoms with E-state index in [1.165, 1.54) is 56.9 Å². The van der Waals surface area contributed by atoms with Gasteiger partial charge in [-0.1, -0.05) is 30.3 Å². The lowest BCUT2D eigenvalue weighted by Gasteiger charge is -2.57. The molecule has 2 unspecified atom stereocenters. The highest BCUT2D eigenvalue weighted by Gasteiger charge is 2.56. The van der Waals surface area contributed by atoms with E-state index >= 15 is 0 Å². The third-order valence-electron chi connectivity index (χ3n) is 9.02. The molecule has 144 valence electrons. The van der Waals surface area contributed by atoms with Crippen molar-refractivity contribution in [2.45, 2.75) is 82.8 Å². The second-order valence-corrected chi connectivity index (χ2v) is 10.8. The molecule has 2 saturated heterocycles. The van der Waals surface area contributed by atoms with Crippen LogP contribution in [-0.2, 0) is 11.3 Å². The number of nitrogens with zero attached hydrogens (tertiary/aromatic N) is 1. The number of fused-ring (bicyclic) bond motifs is 2. The molecule has 2 atom stereocenters. The van der Waals surface area contributed by atoms with Gasteiger partial charge in [-0.25, -0.2) is 0 Å². The molecular formula is C25H33NO. The molecule has 2 heteroatoms. The number of Topliss-reactive ketones (excluding diaryl/α,β-unsaturated/α-hetero) is 1. The number of carbonyl (C=O) groups excluding carboxylic acids is 1. The molecule has 6 fully saturated rings. The van der Waals surface area contributed by atoms with E-state index in [1.807, 2.05) is 0 Å². The van der Waals surface area contributed by atoms with Crippen LogP contribution < -0.4 is 0 Å². The average Bonchev–Trinajstić information content (AvgIpc) is 2.88. The second kappa shape index (κ2) is 6.17. The quantitative estimate of drug-likeness (QED) is 0.731. The van der Waals surface area contributed by atoms with Crippen LogP contribution in [0.3, 0.4) is 0 Å². The average molecular weight is 364 g/mol. The van der Waals surface area contributed by atoms with Crippen molar-refractivity contribution in [3.63, 3.8) is 0 Å². The minimum atomic E-state index is 0.112. The van der Waals surface area contributed by atoms with Crippen LogP contribution in [0.1, 0.15) is 69.8 Å². The first-order valence-corrected chi connectivity index (χ1v) is 11.5. The van der Waals surface area contributed by atoms with Crippen LogP contribution in [0, 0.1) is 29.1 Å². The standard InChI is InChI=1S/C25H33NO/c27-24(25-13-18-8-19(14-25)10-20(9-18)15-25)21-11-22-6-7-23(12-21)26(22)16-17-4-2-1-3-5-17/h1-5,18-23H,6-16H2. The fourth-order valence-electron chi connectivity index (χ4n) is 8.39. The predicted molar refractivity (Wildman–Crippen MR) is 107 cm³/mol. The molecule has 0 radical (unpaired) electrons. The van der Waals surface area contributed by atoms with Gasteiger partial charge in [0.15, 0.2) is 0 Å². The molecule has 2 aliphatic heterocycles. The number of rotatable bonds is 4. The van der Waals surface area contributed by atoms with Crippen molar-refractivity contribution in [2.24, 2.45) is 29.1 Å². The number of carbonyl (C=O) groups is 1. The van der Waals surface area contributed by atoms with E-state index in [0.29, 0.717) is 18.0 Å². The Hall–Kier alpha value is -1.15. The number of hydrogen-bond acceptors (Lipinski definition) is 2. The molecule has 0 aromatic heterocycles. The summed E-state index contributed by atoms with van der Waals surface area (Å²) < 4.78 is 0. The fraction of sp³-hybridized carbons (Fsp3) is 0.720. The Labute approximate surface area is 163 Å². The van der Waals surface area contributed by atoms with Crippen LogP contribution in [0.4, 0.5) is 0 Å². The lowest BCUT2D eigenvalue weighted by Crippen LogP contribution is -2.54. The summed E-state index contributed by atoms with van der Waals surface area (Å²) >= 11 is 0. The zero-order chi connectivity index (χ0) is 18.0. The third-order valence-corrected chi connectivity index (χ3v) is 9.02. The number of hydrogen-bond donors (Lipinski definition) is 0. The van der Waals surface area contributed by atoms with Crippen LogP contribution in [-0.4, -0.2) is 22.8 Å². The molecule has 0 amide bonds. The van der Waals surface area contributed by atoms with Crippen molar-refractivity contribution in [3.8, 4) is 0 Å². The Morgan fingerprint density at radius 3 is 1.96 bits per heavy atom. The number of piperidine rings is 1. The fourth-order valence-corrected chi connectivity index (χ4v) is 8.39. The summed E-state index contributed by atoms with van der Waals surface area (Å²) in [5.41, 5.74) is 1.54. The van der Waals surface area contributed by atoms with Crippen molar-refractivity contribution < 1.29 is 4.79 Å². The first-order valence-electron chi connectivity index (χ1n) is 11.5. The minimum absolute atomic E-state index is 0.112. The van der Waals surface area contributed by atoms with Gasteiger partial charge in [-0.2, -0.15) is 0 Å². The largest absolute Gasteiger partial charge is 0.299 e. The minimum Gasteiger partial charge on any atom is -0.299 e. The Morgan fingerprint density at radius 2 is 1.41 bits per heavy atom. The molecule has 2 nitrogen and oxygen atoms in total. The SMILES string of the molecule is O=C(C1CC2CCC(C1)N2Cc1ccccc1)C12CC3CC(CC(C3)C1)C2. The summed E-state index contributed by atoms with van der Waals surface area (Å²) in [4.78, 5) is 16.6. The van der Waals surface area contributed by atoms with E-state index < -0.39 is 0 Å². The van der Waals surface area contributed by atoms with Gasteiger partial charge in [0.1, 0.15) is 5.78 Å². The van der Waals surface area contributed by atoms with E-state index in [9.17, 15) is 4.79 Å². The Morgan fingerprint density at radius 1 is 0.852 bits per heavy atom. The third kappa shape index (κ3) is 2.74. The predicted octanol–water partition coefficient (Wildman–Crippen LogP) is 5.22. The lowest BCUT2D eigenvalue weighted by molar-refractivity contribution is -0.150. The monoisotopic (exact) mass is 363 g/mol. The molecule has 27 heavy (non-hydrogen) atoms. The van der Waals surface area contributed by atoms with Crippen LogP contribution in [0.2, 0.25) is 0 Å². The van der Waals surface area contributed by atoms with Crippen molar-refractivity contribution in [1.29, 1.82) is 0 Å². The van der Waals surface area contributed by atoms with Crippen LogP contribution in [0.15, 0.2) is 30.3 Å². The Balaban J connectivity index is 1.18. The highest BCUT2D eigenvalue weighted by atomic mass is 16.1. The van der Waals surface area contributed by atoms with Crippen molar-refractivity contribution in [3.05, 3.63) is 35.9 Å². The molecule has 4 aliphatic carbocycles. The molecule has 0 spiro atoms. The highest BCUT2D eigenvalue weighted by Crippen LogP contribution is 2.61. The summed E-state index contributed by atoms with van der Waals surface area (Å²) in [6.45, 7) is 1.08. The summed E-state index contributed by atoms with van der Waals surface area (Å²) in [7, 11) is 0. The van der Waals surface area contributed by atoms with Gasteiger partial charge in [0, 0.05) is 30.0 Å². The van der Waals surface area contributed by atoms with Gasteiger partial charge >= 0.3 is 0 Å². The first-order chi connectivity index (χ1) is 13.2. The highest BCUT2D eigenvalue weighted by molar-refractivity contribution is 5.87. The molecule has 7 rings (SSSR count). The Bertz CT molecular complexity index is 676. The number of benzene rings is 1. The maximum Gasteiger partial charge on any atom is 0.142 e. The zero-order valence-corrected chi connectivity index (χ0v) is 16.5. The Kier molecular flexibility index (Phi) is 3.84. The topological polar surface area (TPSA) is 20.3 Å². The molecule has 4 saturated carbocycles. The lowest BCUT2D eigenvalue weighted by atomic mass is 9.47. The van der Waals surface area contributed by atoms with Crippen molar-refractivity contribution in [1.82, 2.24) is 4.90 Å². The van der Waals surface area contributed by atoms with Gasteiger partial charge in [0.25, 0.3) is 0 Å².